The van der Waals surface area contributed by atoms with Crippen molar-refractivity contribution in [1.29, 1.82) is 0 Å². The van der Waals surface area contributed by atoms with E-state index in [2.05, 4.69) is 9.98 Å². The first kappa shape index (κ1) is 7.60. The standard InChI is InChI=1S/C8H5N3O2/c9-7(12)4-1-2-5-6(3-4)11-8(13)10-5/h1-3H,(H2,9,12). The first-order valence-electron chi connectivity index (χ1n) is 3.58. The van der Waals surface area contributed by atoms with Crippen molar-refractivity contribution in [2.24, 2.45) is 15.7 Å². The molecule has 2 N–H and O–H groups in total. The molecule has 0 aromatic heterocycles. The SMILES string of the molecule is NC(=O)c1ccc2c(c1)=NC(=O)N=2. The fourth-order valence-corrected chi connectivity index (χ4v) is 1.09. The van der Waals surface area contributed by atoms with E-state index in [1.165, 1.54) is 12.1 Å². The Kier molecular flexibility index (Phi) is 1.45. The number of primary amides is 1. The molecule has 0 unspecified atom stereocenters. The van der Waals surface area contributed by atoms with Gasteiger partial charge in [0.05, 0.1) is 10.7 Å². The number of amides is 3. The second-order valence-corrected chi connectivity index (χ2v) is 2.57. The molecule has 5 heteroatoms. The molecule has 0 radical (unpaired) electrons. The number of hydrogen-bond donors (Lipinski definition) is 1. The van der Waals surface area contributed by atoms with Gasteiger partial charge in [0.15, 0.2) is 0 Å². The van der Waals surface area contributed by atoms with Crippen molar-refractivity contribution in [2.75, 3.05) is 0 Å². The topological polar surface area (TPSA) is 84.9 Å². The van der Waals surface area contributed by atoms with Crippen LogP contribution in [0.1, 0.15) is 10.4 Å². The van der Waals surface area contributed by atoms with E-state index in [9.17, 15) is 9.59 Å². The zero-order valence-corrected chi connectivity index (χ0v) is 6.52. The molecule has 64 valence electrons. The normalized spacial score (nSPS) is 13.1. The van der Waals surface area contributed by atoms with Gasteiger partial charge in [0.25, 0.3) is 0 Å². The molecule has 0 aliphatic carbocycles. The summed E-state index contributed by atoms with van der Waals surface area (Å²) in [6.07, 6.45) is 0. The van der Waals surface area contributed by atoms with E-state index in [-0.39, 0.29) is 0 Å². The third-order valence-corrected chi connectivity index (χ3v) is 1.69. The van der Waals surface area contributed by atoms with Gasteiger partial charge in [-0.3, -0.25) is 4.79 Å². The van der Waals surface area contributed by atoms with Crippen LogP contribution in [-0.4, -0.2) is 11.9 Å². The lowest BCUT2D eigenvalue weighted by atomic mass is 10.2. The van der Waals surface area contributed by atoms with Crippen LogP contribution < -0.4 is 16.4 Å². The highest BCUT2D eigenvalue weighted by Gasteiger charge is 2.06. The van der Waals surface area contributed by atoms with Gasteiger partial charge in [-0.15, -0.1) is 0 Å². The first-order valence-corrected chi connectivity index (χ1v) is 3.58. The van der Waals surface area contributed by atoms with Gasteiger partial charge in [-0.25, -0.2) is 4.79 Å². The number of urea groups is 1. The molecule has 0 atom stereocenters. The van der Waals surface area contributed by atoms with Crippen LogP contribution in [0.15, 0.2) is 28.2 Å². The smallest absolute Gasteiger partial charge is 0.366 e. The summed E-state index contributed by atoms with van der Waals surface area (Å²) in [5.41, 5.74) is 5.37. The Morgan fingerprint density at radius 2 is 1.92 bits per heavy atom. The molecule has 1 aromatic carbocycles. The minimum absolute atomic E-state index is 0.326. The number of benzene rings is 1. The van der Waals surface area contributed by atoms with E-state index in [1.54, 1.807) is 6.07 Å². The molecule has 1 heterocycles. The quantitative estimate of drug-likeness (QED) is 0.603. The van der Waals surface area contributed by atoms with Crippen LogP contribution in [0.5, 0.6) is 0 Å². The third-order valence-electron chi connectivity index (χ3n) is 1.69. The first-order chi connectivity index (χ1) is 6.16. The number of carbonyl (C=O) groups excluding carboxylic acids is 2. The molecular weight excluding hydrogens is 170 g/mol. The summed E-state index contributed by atoms with van der Waals surface area (Å²) in [6.45, 7) is 0. The molecule has 1 aliphatic rings. The lowest BCUT2D eigenvalue weighted by Crippen LogP contribution is -2.24. The minimum atomic E-state index is -0.545. The lowest BCUT2D eigenvalue weighted by Gasteiger charge is -1.90. The number of nitrogens with two attached hydrogens (primary N) is 1. The monoisotopic (exact) mass is 175 g/mol. The predicted octanol–water partition coefficient (Wildman–Crippen LogP) is -0.842. The van der Waals surface area contributed by atoms with Gasteiger partial charge in [-0.1, -0.05) is 0 Å². The molecule has 0 spiro atoms. The van der Waals surface area contributed by atoms with E-state index < -0.39 is 11.9 Å². The number of carbonyl (C=O) groups is 2. The zero-order chi connectivity index (χ0) is 9.42. The van der Waals surface area contributed by atoms with Crippen LogP contribution in [-0.2, 0) is 0 Å². The van der Waals surface area contributed by atoms with Crippen molar-refractivity contribution in [1.82, 2.24) is 0 Å². The van der Waals surface area contributed by atoms with Crippen LogP contribution in [0.2, 0.25) is 0 Å². The van der Waals surface area contributed by atoms with Crippen LogP contribution in [0.3, 0.4) is 0 Å². The summed E-state index contributed by atoms with van der Waals surface area (Å²) in [7, 11) is 0. The summed E-state index contributed by atoms with van der Waals surface area (Å²) < 4.78 is 0. The summed E-state index contributed by atoms with van der Waals surface area (Å²) >= 11 is 0. The Hall–Kier alpha value is -2.04. The average molecular weight is 175 g/mol. The maximum atomic E-state index is 10.7. The van der Waals surface area contributed by atoms with Crippen molar-refractivity contribution >= 4 is 11.9 Å². The van der Waals surface area contributed by atoms with E-state index in [1.807, 2.05) is 0 Å². The fourth-order valence-electron chi connectivity index (χ4n) is 1.09. The molecule has 5 nitrogen and oxygen atoms in total. The molecule has 1 aromatic rings. The molecular formula is C8H5N3O2. The lowest BCUT2D eigenvalue weighted by molar-refractivity contribution is 0.1000. The highest BCUT2D eigenvalue weighted by molar-refractivity contribution is 5.92. The van der Waals surface area contributed by atoms with E-state index in [0.29, 0.717) is 16.3 Å². The zero-order valence-electron chi connectivity index (χ0n) is 6.52. The molecule has 3 amide bonds. The van der Waals surface area contributed by atoms with Gasteiger partial charge >= 0.3 is 6.03 Å². The van der Waals surface area contributed by atoms with Crippen LogP contribution in [0.4, 0.5) is 4.79 Å². The largest absolute Gasteiger partial charge is 0.368 e. The predicted molar refractivity (Wildman–Crippen MR) is 42.7 cm³/mol. The molecule has 0 saturated carbocycles. The van der Waals surface area contributed by atoms with Crippen molar-refractivity contribution in [2.45, 2.75) is 0 Å². The number of fused-ring (bicyclic) bond motifs is 1. The van der Waals surface area contributed by atoms with Crippen molar-refractivity contribution in [3.05, 3.63) is 34.5 Å². The van der Waals surface area contributed by atoms with Crippen LogP contribution in [0.25, 0.3) is 0 Å². The Morgan fingerprint density at radius 3 is 2.62 bits per heavy atom. The Labute approximate surface area is 72.6 Å². The third kappa shape index (κ3) is 1.20. The Balaban J connectivity index is 2.73. The van der Waals surface area contributed by atoms with Gasteiger partial charge in [0.2, 0.25) is 5.91 Å². The van der Waals surface area contributed by atoms with E-state index in [0.717, 1.165) is 0 Å². The van der Waals surface area contributed by atoms with Gasteiger partial charge in [-0.05, 0) is 18.2 Å². The molecule has 0 saturated heterocycles. The summed E-state index contributed by atoms with van der Waals surface area (Å²) in [4.78, 5) is 28.7. The Morgan fingerprint density at radius 1 is 1.23 bits per heavy atom. The van der Waals surface area contributed by atoms with E-state index >= 15 is 0 Å². The maximum Gasteiger partial charge on any atom is 0.368 e. The Bertz CT molecular complexity index is 519. The molecule has 2 rings (SSSR count). The molecule has 0 fully saturated rings. The van der Waals surface area contributed by atoms with Crippen LogP contribution >= 0.6 is 0 Å². The number of nitrogens with zero attached hydrogens (tertiary/aromatic N) is 2. The summed E-state index contributed by atoms with van der Waals surface area (Å²) in [6, 6.07) is 3.96. The van der Waals surface area contributed by atoms with Crippen LogP contribution in [0, 0.1) is 0 Å². The van der Waals surface area contributed by atoms with Gasteiger partial charge in [0, 0.05) is 5.56 Å². The number of hydrogen-bond acceptors (Lipinski definition) is 2. The highest BCUT2D eigenvalue weighted by atomic mass is 16.2. The molecule has 1 aliphatic heterocycles. The summed E-state index contributed by atoms with van der Waals surface area (Å²) in [5.74, 6) is -0.544. The van der Waals surface area contributed by atoms with Gasteiger partial charge in [0.1, 0.15) is 0 Å². The van der Waals surface area contributed by atoms with Gasteiger partial charge < -0.3 is 5.73 Å². The minimum Gasteiger partial charge on any atom is -0.366 e. The molecule has 13 heavy (non-hydrogen) atoms. The average Bonchev–Trinajstić information content (AvgIpc) is 2.42. The highest BCUT2D eigenvalue weighted by Crippen LogP contribution is 1.92. The van der Waals surface area contributed by atoms with Crippen molar-refractivity contribution in [3.8, 4) is 0 Å². The fraction of sp³-hybridized carbons (Fsp3) is 0. The second-order valence-electron chi connectivity index (χ2n) is 2.57. The van der Waals surface area contributed by atoms with E-state index in [4.69, 9.17) is 5.73 Å². The molecule has 0 bridgehead atoms. The maximum absolute atomic E-state index is 10.7. The summed E-state index contributed by atoms with van der Waals surface area (Å²) in [5, 5.41) is 0.885. The second kappa shape index (κ2) is 2.48. The van der Waals surface area contributed by atoms with Crippen molar-refractivity contribution in [3.63, 3.8) is 0 Å². The van der Waals surface area contributed by atoms with Crippen molar-refractivity contribution < 1.29 is 9.59 Å². The van der Waals surface area contributed by atoms with Gasteiger partial charge in [-0.2, -0.15) is 9.98 Å². The number of rotatable bonds is 1.